The van der Waals surface area contributed by atoms with Gasteiger partial charge in [-0.25, -0.2) is 0 Å². The Labute approximate surface area is 139 Å². The number of benzene rings is 1. The number of rotatable bonds is 6. The average molecular weight is 323 g/mol. The number of carbonyl (C=O) groups is 1. The Kier molecular flexibility index (Phi) is 4.81. The molecule has 1 N–H and O–H groups in total. The minimum atomic E-state index is -0.192. The molecule has 0 saturated carbocycles. The molecule has 24 heavy (non-hydrogen) atoms. The lowest BCUT2D eigenvalue weighted by Gasteiger charge is -2.14. The Morgan fingerprint density at radius 2 is 2.08 bits per heavy atom. The van der Waals surface area contributed by atoms with E-state index in [0.717, 1.165) is 17.1 Å². The Balaban J connectivity index is 1.59. The third kappa shape index (κ3) is 3.95. The maximum atomic E-state index is 12.4. The first-order chi connectivity index (χ1) is 11.7. The molecule has 0 bridgehead atoms. The fraction of sp³-hybridized carbons (Fsp3) is 0.176. The molecule has 1 amide bonds. The van der Waals surface area contributed by atoms with E-state index < -0.39 is 0 Å². The van der Waals surface area contributed by atoms with Crippen LogP contribution in [0.4, 0.5) is 0 Å². The molecule has 3 aromatic rings. The van der Waals surface area contributed by atoms with Crippen LogP contribution in [-0.2, 0) is 13.2 Å². The first kappa shape index (κ1) is 15.7. The second-order valence-electron chi connectivity index (χ2n) is 5.24. The average Bonchev–Trinajstić information content (AvgIpc) is 3.10. The summed E-state index contributed by atoms with van der Waals surface area (Å²) in [7, 11) is 1.70. The Morgan fingerprint density at radius 1 is 1.25 bits per heavy atom. The molecular weight excluding hydrogens is 306 g/mol. The lowest BCUT2D eigenvalue weighted by atomic mass is 10.3. The van der Waals surface area contributed by atoms with Crippen molar-refractivity contribution in [3.8, 4) is 5.75 Å². The van der Waals surface area contributed by atoms with Gasteiger partial charge in [0.2, 0.25) is 0 Å². The van der Waals surface area contributed by atoms with Gasteiger partial charge in [-0.15, -0.1) is 0 Å². The highest BCUT2D eigenvalue weighted by Gasteiger charge is 2.16. The van der Waals surface area contributed by atoms with E-state index in [1.54, 1.807) is 36.6 Å². The van der Waals surface area contributed by atoms with Crippen molar-refractivity contribution in [1.29, 1.82) is 0 Å². The number of amides is 1. The number of hydrogen-bond acceptors (Lipinski definition) is 5. The third-order valence-corrected chi connectivity index (χ3v) is 3.35. The van der Waals surface area contributed by atoms with Crippen molar-refractivity contribution in [2.24, 2.45) is 0 Å². The first-order valence-electron chi connectivity index (χ1n) is 7.45. The van der Waals surface area contributed by atoms with E-state index in [0.29, 0.717) is 18.8 Å². The van der Waals surface area contributed by atoms with Crippen LogP contribution in [0.3, 0.4) is 0 Å². The van der Waals surface area contributed by atoms with Crippen molar-refractivity contribution in [3.05, 3.63) is 72.1 Å². The van der Waals surface area contributed by atoms with Crippen LogP contribution in [0.25, 0.3) is 0 Å². The molecule has 0 aliphatic carbocycles. The van der Waals surface area contributed by atoms with Crippen molar-refractivity contribution < 1.29 is 9.53 Å². The van der Waals surface area contributed by atoms with Crippen LogP contribution in [0.5, 0.6) is 5.75 Å². The number of nitrogens with one attached hydrogen (secondary N) is 1. The maximum Gasteiger partial charge on any atom is 0.274 e. The smallest absolute Gasteiger partial charge is 0.274 e. The molecule has 2 heterocycles. The van der Waals surface area contributed by atoms with E-state index >= 15 is 0 Å². The van der Waals surface area contributed by atoms with Crippen LogP contribution >= 0.6 is 0 Å². The first-order valence-corrected chi connectivity index (χ1v) is 7.45. The standard InChI is InChI=1S/C17H17N5O2/c1-22(11-14-10-18-7-8-19-14)17(23)16-9-13(20-21-16)12-24-15-5-3-2-4-6-15/h2-10H,11-12H2,1H3,(H,20,21). The Bertz CT molecular complexity index is 789. The van der Waals surface area contributed by atoms with E-state index in [-0.39, 0.29) is 5.91 Å². The fourth-order valence-corrected chi connectivity index (χ4v) is 2.14. The summed E-state index contributed by atoms with van der Waals surface area (Å²) in [6.45, 7) is 0.688. The summed E-state index contributed by atoms with van der Waals surface area (Å²) in [5.41, 5.74) is 1.79. The van der Waals surface area contributed by atoms with Crippen LogP contribution in [0, 0.1) is 0 Å². The van der Waals surface area contributed by atoms with Crippen molar-refractivity contribution in [1.82, 2.24) is 25.1 Å². The summed E-state index contributed by atoms with van der Waals surface area (Å²) in [4.78, 5) is 22.1. The van der Waals surface area contributed by atoms with Crippen molar-refractivity contribution in [3.63, 3.8) is 0 Å². The van der Waals surface area contributed by atoms with Gasteiger partial charge in [0, 0.05) is 19.4 Å². The molecule has 0 saturated heterocycles. The number of aromatic nitrogens is 4. The van der Waals surface area contributed by atoms with Gasteiger partial charge < -0.3 is 9.64 Å². The lowest BCUT2D eigenvalue weighted by molar-refractivity contribution is 0.0777. The number of carbonyl (C=O) groups excluding carboxylic acids is 1. The van der Waals surface area contributed by atoms with Crippen LogP contribution in [0.1, 0.15) is 21.9 Å². The van der Waals surface area contributed by atoms with Gasteiger partial charge in [-0.3, -0.25) is 19.9 Å². The largest absolute Gasteiger partial charge is 0.487 e. The summed E-state index contributed by atoms with van der Waals surface area (Å²) in [5.74, 6) is 0.572. The number of H-pyrrole nitrogens is 1. The molecule has 1 aromatic carbocycles. The van der Waals surface area contributed by atoms with E-state index in [9.17, 15) is 4.79 Å². The van der Waals surface area contributed by atoms with Gasteiger partial charge >= 0.3 is 0 Å². The zero-order valence-corrected chi connectivity index (χ0v) is 13.2. The summed E-state index contributed by atoms with van der Waals surface area (Å²) >= 11 is 0. The molecule has 2 aromatic heterocycles. The third-order valence-electron chi connectivity index (χ3n) is 3.35. The van der Waals surface area contributed by atoms with Gasteiger partial charge in [-0.1, -0.05) is 18.2 Å². The van der Waals surface area contributed by atoms with E-state index in [4.69, 9.17) is 4.74 Å². The van der Waals surface area contributed by atoms with Gasteiger partial charge in [-0.05, 0) is 18.2 Å². The summed E-state index contributed by atoms with van der Waals surface area (Å²) < 4.78 is 5.63. The molecule has 3 rings (SSSR count). The van der Waals surface area contributed by atoms with Crippen molar-refractivity contribution in [2.45, 2.75) is 13.2 Å². The minimum Gasteiger partial charge on any atom is -0.487 e. The highest BCUT2D eigenvalue weighted by atomic mass is 16.5. The SMILES string of the molecule is CN(Cc1cnccn1)C(=O)c1cc(COc2ccccc2)[nH]n1. The number of nitrogens with zero attached hydrogens (tertiary/aromatic N) is 4. The second-order valence-corrected chi connectivity index (χ2v) is 5.24. The molecule has 0 spiro atoms. The zero-order chi connectivity index (χ0) is 16.8. The Morgan fingerprint density at radius 3 is 2.83 bits per heavy atom. The maximum absolute atomic E-state index is 12.4. The van der Waals surface area contributed by atoms with Gasteiger partial charge in [-0.2, -0.15) is 5.10 Å². The number of aromatic amines is 1. The molecule has 0 atom stereocenters. The van der Waals surface area contributed by atoms with E-state index in [1.165, 1.54) is 0 Å². The normalized spacial score (nSPS) is 10.4. The molecule has 0 unspecified atom stereocenters. The van der Waals surface area contributed by atoms with Crippen LogP contribution in [0.2, 0.25) is 0 Å². The van der Waals surface area contributed by atoms with Gasteiger partial charge in [0.1, 0.15) is 12.4 Å². The minimum absolute atomic E-state index is 0.192. The highest BCUT2D eigenvalue weighted by molar-refractivity contribution is 5.92. The fourth-order valence-electron chi connectivity index (χ4n) is 2.14. The molecule has 122 valence electrons. The quantitative estimate of drug-likeness (QED) is 0.750. The van der Waals surface area contributed by atoms with Crippen molar-refractivity contribution >= 4 is 5.91 Å². The van der Waals surface area contributed by atoms with Gasteiger partial charge in [0.05, 0.1) is 24.1 Å². The zero-order valence-electron chi connectivity index (χ0n) is 13.2. The predicted octanol–water partition coefficient (Wildman–Crippen LogP) is 2.05. The molecule has 0 aliphatic heterocycles. The van der Waals surface area contributed by atoms with E-state index in [1.807, 2.05) is 30.3 Å². The van der Waals surface area contributed by atoms with Crippen LogP contribution in [-0.4, -0.2) is 38.0 Å². The molecule has 0 aliphatic rings. The monoisotopic (exact) mass is 323 g/mol. The van der Waals surface area contributed by atoms with Crippen molar-refractivity contribution in [2.75, 3.05) is 7.05 Å². The van der Waals surface area contributed by atoms with Crippen LogP contribution in [0.15, 0.2) is 55.0 Å². The molecule has 7 nitrogen and oxygen atoms in total. The summed E-state index contributed by atoms with van der Waals surface area (Å²) in [5, 5.41) is 6.88. The van der Waals surface area contributed by atoms with Gasteiger partial charge in [0.25, 0.3) is 5.91 Å². The molecule has 0 radical (unpaired) electrons. The molecular formula is C17H17N5O2. The number of ether oxygens (including phenoxy) is 1. The summed E-state index contributed by atoms with van der Waals surface area (Å²) in [6, 6.07) is 11.2. The van der Waals surface area contributed by atoms with E-state index in [2.05, 4.69) is 20.2 Å². The Hall–Kier alpha value is -3.22. The molecule has 7 heteroatoms. The second kappa shape index (κ2) is 7.36. The van der Waals surface area contributed by atoms with Gasteiger partial charge in [0.15, 0.2) is 5.69 Å². The number of para-hydroxylation sites is 1. The summed E-state index contributed by atoms with van der Waals surface area (Å²) in [6.07, 6.45) is 4.83. The number of hydrogen-bond donors (Lipinski definition) is 1. The molecule has 0 fully saturated rings. The lowest BCUT2D eigenvalue weighted by Crippen LogP contribution is -2.27. The van der Waals surface area contributed by atoms with Crippen LogP contribution < -0.4 is 4.74 Å². The predicted molar refractivity (Wildman–Crippen MR) is 87.2 cm³/mol. The highest BCUT2D eigenvalue weighted by Crippen LogP contribution is 2.12. The topological polar surface area (TPSA) is 84.0 Å².